The maximum absolute atomic E-state index is 3.96. The fourth-order valence-electron chi connectivity index (χ4n) is 1.61. The van der Waals surface area contributed by atoms with Gasteiger partial charge in [-0.1, -0.05) is 60.7 Å². The molecule has 0 heterocycles. The largest absolute Gasteiger partial charge is 0.0622 e. The van der Waals surface area contributed by atoms with Crippen molar-refractivity contribution in [3.8, 4) is 0 Å². The lowest BCUT2D eigenvalue weighted by Crippen LogP contribution is -1.84. The Morgan fingerprint density at radius 3 is 2.00 bits per heavy atom. The Morgan fingerprint density at radius 1 is 0.875 bits per heavy atom. The highest BCUT2D eigenvalue weighted by atomic mass is 14.0. The molecule has 0 spiro atoms. The van der Waals surface area contributed by atoms with E-state index in [-0.39, 0.29) is 0 Å². The zero-order valence-electron chi connectivity index (χ0n) is 9.19. The second-order valence-corrected chi connectivity index (χ2v) is 3.59. The second kappa shape index (κ2) is 5.32. The Bertz CT molecular complexity index is 452. The van der Waals surface area contributed by atoms with Crippen LogP contribution in [0.25, 0.3) is 5.57 Å². The minimum atomic E-state index is 0.749. The number of allylic oxidation sites excluding steroid dienone is 1. The number of rotatable bonds is 3. The Balaban J connectivity index is 2.34. The minimum absolute atomic E-state index is 0.749. The van der Waals surface area contributed by atoms with Gasteiger partial charge in [0, 0.05) is 0 Å². The van der Waals surface area contributed by atoms with Crippen molar-refractivity contribution in [2.45, 2.75) is 6.42 Å². The van der Waals surface area contributed by atoms with Crippen LogP contribution in [-0.4, -0.2) is 0 Å². The Kier molecular flexibility index (Phi) is 3.55. The molecule has 2 rings (SSSR count). The van der Waals surface area contributed by atoms with Crippen molar-refractivity contribution in [3.63, 3.8) is 0 Å². The van der Waals surface area contributed by atoms with Gasteiger partial charge in [-0.25, -0.2) is 0 Å². The third kappa shape index (κ3) is 2.60. The number of benzene rings is 2. The van der Waals surface area contributed by atoms with Gasteiger partial charge < -0.3 is 0 Å². The van der Waals surface area contributed by atoms with Gasteiger partial charge >= 0.3 is 0 Å². The van der Waals surface area contributed by atoms with Crippen molar-refractivity contribution in [1.29, 1.82) is 0 Å². The quantitative estimate of drug-likeness (QED) is 0.662. The molecule has 0 atom stereocenters. The SMILES string of the molecule is [CH2]CC(=[C]c1ccccc1)c1ccccc1. The van der Waals surface area contributed by atoms with Gasteiger partial charge in [0.2, 0.25) is 0 Å². The molecule has 78 valence electrons. The normalized spacial score (nSPS) is 11.4. The first-order chi connectivity index (χ1) is 7.90. The van der Waals surface area contributed by atoms with Crippen LogP contribution in [0.5, 0.6) is 0 Å². The highest BCUT2D eigenvalue weighted by molar-refractivity contribution is 5.66. The van der Waals surface area contributed by atoms with E-state index in [1.54, 1.807) is 0 Å². The van der Waals surface area contributed by atoms with Crippen LogP contribution in [0, 0.1) is 13.0 Å². The summed E-state index contributed by atoms with van der Waals surface area (Å²) < 4.78 is 0. The van der Waals surface area contributed by atoms with Gasteiger partial charge in [-0.2, -0.15) is 0 Å². The van der Waals surface area contributed by atoms with Crippen LogP contribution in [-0.2, 0) is 0 Å². The highest BCUT2D eigenvalue weighted by Gasteiger charge is 1.98. The van der Waals surface area contributed by atoms with Gasteiger partial charge in [0.05, 0.1) is 0 Å². The molecule has 0 amide bonds. The maximum atomic E-state index is 3.96. The summed E-state index contributed by atoms with van der Waals surface area (Å²) in [5.74, 6) is 0. The number of hydrogen-bond donors (Lipinski definition) is 0. The predicted molar refractivity (Wildman–Crippen MR) is 68.6 cm³/mol. The molecule has 0 unspecified atom stereocenters. The van der Waals surface area contributed by atoms with E-state index in [2.05, 4.69) is 37.3 Å². The molecule has 0 fully saturated rings. The van der Waals surface area contributed by atoms with Crippen molar-refractivity contribution >= 4 is 5.57 Å². The van der Waals surface area contributed by atoms with E-state index >= 15 is 0 Å². The molecule has 0 nitrogen and oxygen atoms in total. The van der Waals surface area contributed by atoms with Crippen molar-refractivity contribution in [1.82, 2.24) is 0 Å². The average molecular weight is 206 g/mol. The average Bonchev–Trinajstić information content (AvgIpc) is 2.38. The third-order valence-electron chi connectivity index (χ3n) is 2.44. The lowest BCUT2D eigenvalue weighted by atomic mass is 10.0. The molecule has 0 aliphatic heterocycles. The van der Waals surface area contributed by atoms with Crippen LogP contribution in [0.2, 0.25) is 0 Å². The molecular formula is C16H14. The molecule has 0 heteroatoms. The summed E-state index contributed by atoms with van der Waals surface area (Å²) in [6.45, 7) is 3.96. The second-order valence-electron chi connectivity index (χ2n) is 3.59. The fourth-order valence-corrected chi connectivity index (χ4v) is 1.61. The van der Waals surface area contributed by atoms with E-state index in [0.29, 0.717) is 0 Å². The lowest BCUT2D eigenvalue weighted by molar-refractivity contribution is 1.37. The monoisotopic (exact) mass is 206 g/mol. The minimum Gasteiger partial charge on any atom is -0.0622 e. The fraction of sp³-hybridized carbons (Fsp3) is 0.0625. The Hall–Kier alpha value is -1.82. The van der Waals surface area contributed by atoms with Crippen LogP contribution in [0.15, 0.2) is 60.7 Å². The molecule has 0 bridgehead atoms. The third-order valence-corrected chi connectivity index (χ3v) is 2.44. The van der Waals surface area contributed by atoms with E-state index in [9.17, 15) is 0 Å². The summed E-state index contributed by atoms with van der Waals surface area (Å²) >= 11 is 0. The van der Waals surface area contributed by atoms with Crippen LogP contribution < -0.4 is 0 Å². The Morgan fingerprint density at radius 2 is 1.44 bits per heavy atom. The van der Waals surface area contributed by atoms with Crippen LogP contribution in [0.1, 0.15) is 17.5 Å². The van der Waals surface area contributed by atoms with Crippen molar-refractivity contribution in [2.75, 3.05) is 0 Å². The van der Waals surface area contributed by atoms with Crippen LogP contribution in [0.4, 0.5) is 0 Å². The summed E-state index contributed by atoms with van der Waals surface area (Å²) in [4.78, 5) is 0. The van der Waals surface area contributed by atoms with Crippen molar-refractivity contribution in [3.05, 3.63) is 84.8 Å². The predicted octanol–water partition coefficient (Wildman–Crippen LogP) is 4.15. The van der Waals surface area contributed by atoms with Gasteiger partial charge in [0.1, 0.15) is 0 Å². The molecule has 0 saturated carbocycles. The zero-order valence-corrected chi connectivity index (χ0v) is 9.19. The molecule has 0 aromatic heterocycles. The van der Waals surface area contributed by atoms with Crippen molar-refractivity contribution < 1.29 is 0 Å². The number of hydrogen-bond acceptors (Lipinski definition) is 0. The molecule has 0 aliphatic rings. The maximum Gasteiger partial charge on any atom is -0.00643 e. The van der Waals surface area contributed by atoms with Crippen LogP contribution >= 0.6 is 0 Å². The van der Waals surface area contributed by atoms with E-state index in [4.69, 9.17) is 0 Å². The van der Waals surface area contributed by atoms with Crippen LogP contribution in [0.3, 0.4) is 0 Å². The topological polar surface area (TPSA) is 0 Å². The first-order valence-electron chi connectivity index (χ1n) is 5.42. The van der Waals surface area contributed by atoms with Gasteiger partial charge in [-0.05, 0) is 36.1 Å². The van der Waals surface area contributed by atoms with E-state index in [1.807, 2.05) is 36.4 Å². The van der Waals surface area contributed by atoms with Crippen molar-refractivity contribution in [2.24, 2.45) is 0 Å². The molecule has 0 aliphatic carbocycles. The first kappa shape index (κ1) is 10.7. The van der Waals surface area contributed by atoms with E-state index in [0.717, 1.165) is 17.6 Å². The summed E-state index contributed by atoms with van der Waals surface area (Å²) in [6, 6.07) is 20.5. The van der Waals surface area contributed by atoms with Gasteiger partial charge in [0.15, 0.2) is 0 Å². The summed E-state index contributed by atoms with van der Waals surface area (Å²) in [6.07, 6.45) is 4.15. The molecular weight excluding hydrogens is 192 g/mol. The molecule has 2 aromatic rings. The van der Waals surface area contributed by atoms with E-state index in [1.165, 1.54) is 5.56 Å². The smallest absolute Gasteiger partial charge is 0.00643 e. The zero-order chi connectivity index (χ0) is 11.2. The lowest BCUT2D eigenvalue weighted by Gasteiger charge is -2.04. The Labute approximate surface area is 97.3 Å². The molecule has 2 radical (unpaired) electrons. The van der Waals surface area contributed by atoms with E-state index < -0.39 is 0 Å². The standard InChI is InChI=1S/C16H14/c1-2-15(16-11-7-4-8-12-16)13-14-9-5-3-6-10-14/h3-12H,1-2H2. The molecule has 0 saturated heterocycles. The van der Waals surface area contributed by atoms with Gasteiger partial charge in [-0.3, -0.25) is 0 Å². The molecule has 16 heavy (non-hydrogen) atoms. The van der Waals surface area contributed by atoms with Gasteiger partial charge in [-0.15, -0.1) is 0 Å². The highest BCUT2D eigenvalue weighted by Crippen LogP contribution is 2.18. The summed E-state index contributed by atoms with van der Waals surface area (Å²) in [5, 5.41) is 0. The molecule has 0 N–H and O–H groups in total. The first-order valence-corrected chi connectivity index (χ1v) is 5.42. The van der Waals surface area contributed by atoms with Gasteiger partial charge in [0.25, 0.3) is 0 Å². The molecule has 2 aromatic carbocycles. The summed E-state index contributed by atoms with van der Waals surface area (Å²) in [7, 11) is 0. The summed E-state index contributed by atoms with van der Waals surface area (Å²) in [5.41, 5.74) is 3.44.